The molecule has 1 aliphatic heterocycles. The quantitative estimate of drug-likeness (QED) is 0.841. The molecule has 5 nitrogen and oxygen atoms in total. The van der Waals surface area contributed by atoms with Crippen LogP contribution in [0.25, 0.3) is 0 Å². The molecule has 0 bridgehead atoms. The van der Waals surface area contributed by atoms with E-state index in [1.165, 1.54) is 0 Å². The first kappa shape index (κ1) is 14.8. The number of nitrogens with zero attached hydrogens (tertiary/aromatic N) is 1. The number of para-hydroxylation sites is 1. The number of aromatic hydroxyl groups is 1. The van der Waals surface area contributed by atoms with Crippen molar-refractivity contribution in [2.75, 3.05) is 26.3 Å². The average Bonchev–Trinajstić information content (AvgIpc) is 2.48. The highest BCUT2D eigenvalue weighted by Crippen LogP contribution is 2.19. The monoisotopic (exact) mass is 279 g/mol. The molecule has 1 fully saturated rings. The maximum atomic E-state index is 12.2. The lowest BCUT2D eigenvalue weighted by Gasteiger charge is -2.32. The molecule has 1 aromatic carbocycles. The topological polar surface area (TPSA) is 70.0 Å². The Kier molecular flexibility index (Phi) is 5.38. The average molecular weight is 279 g/mol. The van der Waals surface area contributed by atoms with Crippen LogP contribution < -0.4 is 0 Å². The van der Waals surface area contributed by atoms with Gasteiger partial charge in [-0.25, -0.2) is 0 Å². The van der Waals surface area contributed by atoms with E-state index in [4.69, 9.17) is 9.84 Å². The number of aliphatic hydroxyl groups excluding tert-OH is 1. The SMILES string of the molecule is O=C(Cc1ccccc1O)N1CCC(OCCO)CC1. The van der Waals surface area contributed by atoms with Crippen LogP contribution in [0.3, 0.4) is 0 Å². The molecule has 5 heteroatoms. The van der Waals surface area contributed by atoms with Gasteiger partial charge in [-0.2, -0.15) is 0 Å². The number of piperidine rings is 1. The molecule has 110 valence electrons. The summed E-state index contributed by atoms with van der Waals surface area (Å²) in [6.45, 7) is 1.73. The Morgan fingerprint density at radius 3 is 2.65 bits per heavy atom. The van der Waals surface area contributed by atoms with Crippen molar-refractivity contribution in [3.63, 3.8) is 0 Å². The number of likely N-dealkylation sites (tertiary alicyclic amines) is 1. The first-order chi connectivity index (χ1) is 9.70. The summed E-state index contributed by atoms with van der Waals surface area (Å²) in [6.07, 6.45) is 1.96. The van der Waals surface area contributed by atoms with E-state index in [9.17, 15) is 9.90 Å². The minimum atomic E-state index is 0.0342. The molecule has 0 unspecified atom stereocenters. The van der Waals surface area contributed by atoms with Crippen LogP contribution in [0.15, 0.2) is 24.3 Å². The van der Waals surface area contributed by atoms with Gasteiger partial charge >= 0.3 is 0 Å². The molecule has 20 heavy (non-hydrogen) atoms. The molecule has 1 heterocycles. The van der Waals surface area contributed by atoms with Gasteiger partial charge in [-0.1, -0.05) is 18.2 Å². The summed E-state index contributed by atoms with van der Waals surface area (Å²) in [6, 6.07) is 6.92. The number of carbonyl (C=O) groups excluding carboxylic acids is 1. The third-order valence-electron chi connectivity index (χ3n) is 3.57. The van der Waals surface area contributed by atoms with Crippen LogP contribution in [0.4, 0.5) is 0 Å². The van der Waals surface area contributed by atoms with E-state index in [0.717, 1.165) is 12.8 Å². The minimum absolute atomic E-state index is 0.0342. The van der Waals surface area contributed by atoms with Crippen molar-refractivity contribution in [1.29, 1.82) is 0 Å². The van der Waals surface area contributed by atoms with Crippen LogP contribution in [0.2, 0.25) is 0 Å². The van der Waals surface area contributed by atoms with Crippen molar-refractivity contribution in [2.45, 2.75) is 25.4 Å². The minimum Gasteiger partial charge on any atom is -0.508 e. The maximum absolute atomic E-state index is 12.2. The molecule has 2 N–H and O–H groups in total. The number of rotatable bonds is 5. The number of phenolic OH excluding ortho intramolecular Hbond substituents is 1. The molecule has 0 radical (unpaired) electrons. The molecule has 0 atom stereocenters. The third-order valence-corrected chi connectivity index (χ3v) is 3.57. The van der Waals surface area contributed by atoms with Crippen LogP contribution in [0.1, 0.15) is 18.4 Å². The summed E-state index contributed by atoms with van der Waals surface area (Å²) >= 11 is 0. The van der Waals surface area contributed by atoms with Crippen LogP contribution in [-0.4, -0.2) is 53.4 Å². The summed E-state index contributed by atoms with van der Waals surface area (Å²) < 4.78 is 5.47. The highest BCUT2D eigenvalue weighted by molar-refractivity contribution is 5.79. The Morgan fingerprint density at radius 1 is 1.30 bits per heavy atom. The van der Waals surface area contributed by atoms with Crippen LogP contribution in [0.5, 0.6) is 5.75 Å². The van der Waals surface area contributed by atoms with E-state index in [1.54, 1.807) is 18.2 Å². The van der Waals surface area contributed by atoms with Crippen molar-refractivity contribution < 1.29 is 19.7 Å². The summed E-state index contributed by atoms with van der Waals surface area (Å²) in [5.74, 6) is 0.203. The predicted molar refractivity (Wildman–Crippen MR) is 74.5 cm³/mol. The number of carbonyl (C=O) groups is 1. The second-order valence-electron chi connectivity index (χ2n) is 4.98. The lowest BCUT2D eigenvalue weighted by Crippen LogP contribution is -2.41. The summed E-state index contributed by atoms with van der Waals surface area (Å²) in [7, 11) is 0. The van der Waals surface area contributed by atoms with E-state index in [2.05, 4.69) is 0 Å². The summed E-state index contributed by atoms with van der Waals surface area (Å²) in [4.78, 5) is 14.0. The lowest BCUT2D eigenvalue weighted by molar-refractivity contribution is -0.133. The second kappa shape index (κ2) is 7.26. The van der Waals surface area contributed by atoms with Crippen LogP contribution in [0, 0.1) is 0 Å². The van der Waals surface area contributed by atoms with E-state index < -0.39 is 0 Å². The zero-order chi connectivity index (χ0) is 14.4. The van der Waals surface area contributed by atoms with Crippen molar-refractivity contribution >= 4 is 5.91 Å². The zero-order valence-corrected chi connectivity index (χ0v) is 11.5. The van der Waals surface area contributed by atoms with Gasteiger partial charge in [-0.05, 0) is 18.9 Å². The maximum Gasteiger partial charge on any atom is 0.227 e. The van der Waals surface area contributed by atoms with Gasteiger partial charge in [0.25, 0.3) is 0 Å². The van der Waals surface area contributed by atoms with E-state index >= 15 is 0 Å². The Hall–Kier alpha value is -1.59. The normalized spacial score (nSPS) is 16.4. The Bertz CT molecular complexity index is 441. The summed E-state index contributed by atoms with van der Waals surface area (Å²) in [5.41, 5.74) is 0.663. The molecular formula is C15H21NO4. The fourth-order valence-corrected chi connectivity index (χ4v) is 2.43. The molecule has 1 aromatic rings. The lowest BCUT2D eigenvalue weighted by atomic mass is 10.1. The number of benzene rings is 1. The van der Waals surface area contributed by atoms with Crippen LogP contribution in [-0.2, 0) is 16.0 Å². The molecule has 2 rings (SSSR count). The van der Waals surface area contributed by atoms with Crippen molar-refractivity contribution in [3.05, 3.63) is 29.8 Å². The van der Waals surface area contributed by atoms with Crippen molar-refractivity contribution in [2.24, 2.45) is 0 Å². The van der Waals surface area contributed by atoms with Gasteiger partial charge in [0.1, 0.15) is 5.75 Å². The molecule has 1 saturated heterocycles. The first-order valence-electron chi connectivity index (χ1n) is 6.98. The van der Waals surface area contributed by atoms with Gasteiger partial charge in [0.05, 0.1) is 25.7 Å². The second-order valence-corrected chi connectivity index (χ2v) is 4.98. The Labute approximate surface area is 118 Å². The smallest absolute Gasteiger partial charge is 0.227 e. The van der Waals surface area contributed by atoms with Gasteiger partial charge in [-0.15, -0.1) is 0 Å². The molecule has 0 saturated carbocycles. The molecule has 1 aliphatic rings. The van der Waals surface area contributed by atoms with E-state index in [0.29, 0.717) is 25.3 Å². The predicted octanol–water partition coefficient (Wildman–Crippen LogP) is 0.935. The number of hydrogen-bond donors (Lipinski definition) is 2. The van der Waals surface area contributed by atoms with Gasteiger partial charge in [0.15, 0.2) is 0 Å². The van der Waals surface area contributed by atoms with Crippen molar-refractivity contribution in [3.8, 4) is 5.75 Å². The highest BCUT2D eigenvalue weighted by Gasteiger charge is 2.23. The molecule has 0 spiro atoms. The van der Waals surface area contributed by atoms with Gasteiger partial charge in [0, 0.05) is 18.7 Å². The standard InChI is InChI=1S/C15H21NO4/c17-9-10-20-13-5-7-16(8-6-13)15(19)11-12-3-1-2-4-14(12)18/h1-4,13,17-18H,5-11H2. The molecular weight excluding hydrogens is 258 g/mol. The highest BCUT2D eigenvalue weighted by atomic mass is 16.5. The number of ether oxygens (including phenoxy) is 1. The number of aliphatic hydroxyl groups is 1. The third kappa shape index (κ3) is 3.95. The zero-order valence-electron chi connectivity index (χ0n) is 11.5. The Balaban J connectivity index is 1.82. The fraction of sp³-hybridized carbons (Fsp3) is 0.533. The molecule has 0 aliphatic carbocycles. The van der Waals surface area contributed by atoms with Gasteiger partial charge in [-0.3, -0.25) is 4.79 Å². The van der Waals surface area contributed by atoms with Gasteiger partial charge in [0.2, 0.25) is 5.91 Å². The Morgan fingerprint density at radius 2 is 2.00 bits per heavy atom. The number of phenols is 1. The van der Waals surface area contributed by atoms with Gasteiger partial charge < -0.3 is 19.8 Å². The molecule has 1 amide bonds. The van der Waals surface area contributed by atoms with Crippen LogP contribution >= 0.6 is 0 Å². The molecule has 0 aromatic heterocycles. The first-order valence-corrected chi connectivity index (χ1v) is 6.98. The summed E-state index contributed by atoms with van der Waals surface area (Å²) in [5, 5.41) is 18.4. The largest absolute Gasteiger partial charge is 0.508 e. The number of amides is 1. The fourth-order valence-electron chi connectivity index (χ4n) is 2.43. The van der Waals surface area contributed by atoms with Crippen molar-refractivity contribution in [1.82, 2.24) is 4.90 Å². The van der Waals surface area contributed by atoms with E-state index in [1.807, 2.05) is 11.0 Å². The number of hydrogen-bond acceptors (Lipinski definition) is 4. The van der Waals surface area contributed by atoms with E-state index in [-0.39, 0.29) is 30.8 Å².